The number of nitrogens with zero attached hydrogens (tertiary/aromatic N) is 1. The maximum absolute atomic E-state index is 13.7. The van der Waals surface area contributed by atoms with Crippen molar-refractivity contribution in [2.45, 2.75) is 37.1 Å². The summed E-state index contributed by atoms with van der Waals surface area (Å²) < 4.78 is 39.8. The number of sulfonamides is 1. The Morgan fingerprint density at radius 1 is 1.50 bits per heavy atom. The van der Waals surface area contributed by atoms with Gasteiger partial charge in [-0.2, -0.15) is 4.72 Å². The maximum Gasteiger partial charge on any atom is 0.321 e. The molecule has 1 aromatic carbocycles. The van der Waals surface area contributed by atoms with Crippen molar-refractivity contribution in [2.24, 2.45) is 0 Å². The molecule has 0 bridgehead atoms. The SMILES string of the molecule is CCCC[C@H](NS(=O)(=O)c1c(F)cccc1[N+](=O)[O-])C(=O)O. The number of aliphatic carboxylic acids is 1. The standard InChI is InChI=1S/C12H15FN2O6S/c1-2-3-6-9(12(16)17)14-22(20,21)11-8(13)5-4-7-10(11)15(18)19/h4-5,7,9,14H,2-3,6H2,1H3,(H,16,17)/t9-/m0/s1. The van der Waals surface area contributed by atoms with Gasteiger partial charge in [0.1, 0.15) is 11.9 Å². The predicted octanol–water partition coefficient (Wildman–Crippen LogP) is 1.66. The van der Waals surface area contributed by atoms with Crippen LogP contribution in [0.5, 0.6) is 0 Å². The average Bonchev–Trinajstić information content (AvgIpc) is 2.42. The van der Waals surface area contributed by atoms with Crippen LogP contribution < -0.4 is 4.72 Å². The molecule has 0 fully saturated rings. The molecule has 0 amide bonds. The Balaban J connectivity index is 3.24. The number of halogens is 1. The van der Waals surface area contributed by atoms with E-state index in [4.69, 9.17) is 5.11 Å². The van der Waals surface area contributed by atoms with E-state index < -0.39 is 43.4 Å². The summed E-state index contributed by atoms with van der Waals surface area (Å²) in [5.41, 5.74) is -0.952. The summed E-state index contributed by atoms with van der Waals surface area (Å²) in [6.45, 7) is 1.79. The van der Waals surface area contributed by atoms with E-state index in [0.717, 1.165) is 18.2 Å². The number of hydrogen-bond acceptors (Lipinski definition) is 5. The summed E-state index contributed by atoms with van der Waals surface area (Å²) in [5, 5.41) is 19.8. The predicted molar refractivity (Wildman–Crippen MR) is 74.3 cm³/mol. The normalized spacial score (nSPS) is 12.8. The van der Waals surface area contributed by atoms with Gasteiger partial charge < -0.3 is 5.11 Å². The van der Waals surface area contributed by atoms with Gasteiger partial charge in [-0.1, -0.05) is 25.8 Å². The number of nitrogens with one attached hydrogen (secondary N) is 1. The van der Waals surface area contributed by atoms with Crippen molar-refractivity contribution < 1.29 is 27.6 Å². The van der Waals surface area contributed by atoms with Gasteiger partial charge in [0, 0.05) is 6.07 Å². The van der Waals surface area contributed by atoms with Crippen molar-refractivity contribution in [3.8, 4) is 0 Å². The molecule has 0 aliphatic rings. The third-order valence-corrected chi connectivity index (χ3v) is 4.39. The van der Waals surface area contributed by atoms with Crippen molar-refractivity contribution in [3.05, 3.63) is 34.1 Å². The van der Waals surface area contributed by atoms with Crippen molar-refractivity contribution in [1.82, 2.24) is 4.72 Å². The minimum absolute atomic E-state index is 0.00663. The summed E-state index contributed by atoms with van der Waals surface area (Å²) in [4.78, 5) is 19.7. The molecular formula is C12H15FN2O6S. The number of carbonyl (C=O) groups is 1. The van der Waals surface area contributed by atoms with Gasteiger partial charge in [-0.25, -0.2) is 12.8 Å². The fourth-order valence-electron chi connectivity index (χ4n) is 1.79. The Morgan fingerprint density at radius 3 is 2.64 bits per heavy atom. The van der Waals surface area contributed by atoms with Crippen LogP contribution in [-0.2, 0) is 14.8 Å². The molecule has 0 radical (unpaired) electrons. The minimum Gasteiger partial charge on any atom is -0.480 e. The van der Waals surface area contributed by atoms with Gasteiger partial charge in [-0.05, 0) is 12.5 Å². The molecule has 1 atom stereocenters. The Morgan fingerprint density at radius 2 is 2.14 bits per heavy atom. The first kappa shape index (κ1) is 18.0. The van der Waals surface area contributed by atoms with Gasteiger partial charge in [0.15, 0.2) is 4.90 Å². The molecule has 0 saturated heterocycles. The van der Waals surface area contributed by atoms with Crippen LogP contribution >= 0.6 is 0 Å². The zero-order valence-corrected chi connectivity index (χ0v) is 12.5. The molecule has 2 N–H and O–H groups in total. The largest absolute Gasteiger partial charge is 0.480 e. The molecule has 0 aliphatic heterocycles. The van der Waals surface area contributed by atoms with Gasteiger partial charge in [0.25, 0.3) is 15.7 Å². The van der Waals surface area contributed by atoms with E-state index in [-0.39, 0.29) is 6.42 Å². The number of unbranched alkanes of at least 4 members (excludes halogenated alkanes) is 1. The van der Waals surface area contributed by atoms with Crippen LogP contribution in [0.2, 0.25) is 0 Å². The van der Waals surface area contributed by atoms with Gasteiger partial charge >= 0.3 is 5.97 Å². The zero-order valence-electron chi connectivity index (χ0n) is 11.7. The highest BCUT2D eigenvalue weighted by molar-refractivity contribution is 7.89. The third kappa shape index (κ3) is 4.21. The Labute approximate surface area is 126 Å². The first-order valence-electron chi connectivity index (χ1n) is 6.38. The smallest absolute Gasteiger partial charge is 0.321 e. The molecule has 8 nitrogen and oxygen atoms in total. The summed E-state index contributed by atoms with van der Waals surface area (Å²) in [6, 6.07) is 1.10. The number of nitro groups is 1. The van der Waals surface area contributed by atoms with Gasteiger partial charge in [-0.15, -0.1) is 0 Å². The third-order valence-electron chi connectivity index (χ3n) is 2.85. The molecule has 1 rings (SSSR count). The summed E-state index contributed by atoms with van der Waals surface area (Å²) in [6.07, 6.45) is 1.05. The highest BCUT2D eigenvalue weighted by atomic mass is 32.2. The number of nitro benzene ring substituents is 1. The maximum atomic E-state index is 13.7. The molecule has 0 aromatic heterocycles. The molecule has 0 unspecified atom stereocenters. The Bertz CT molecular complexity index is 676. The lowest BCUT2D eigenvalue weighted by atomic mass is 10.1. The van der Waals surface area contributed by atoms with E-state index in [2.05, 4.69) is 0 Å². The summed E-state index contributed by atoms with van der Waals surface area (Å²) in [5.74, 6) is -2.75. The van der Waals surface area contributed by atoms with Crippen LogP contribution in [0.15, 0.2) is 23.1 Å². The lowest BCUT2D eigenvalue weighted by Crippen LogP contribution is -2.41. The van der Waals surface area contributed by atoms with Gasteiger partial charge in [0.05, 0.1) is 4.92 Å². The minimum atomic E-state index is -4.69. The second kappa shape index (κ2) is 7.27. The van der Waals surface area contributed by atoms with Crippen molar-refractivity contribution in [1.29, 1.82) is 0 Å². The van der Waals surface area contributed by atoms with Crippen molar-refractivity contribution in [3.63, 3.8) is 0 Å². The molecule has 22 heavy (non-hydrogen) atoms. The van der Waals surface area contributed by atoms with E-state index in [1.165, 1.54) is 0 Å². The van der Waals surface area contributed by atoms with Crippen LogP contribution in [0.25, 0.3) is 0 Å². The van der Waals surface area contributed by atoms with Crippen LogP contribution in [-0.4, -0.2) is 30.5 Å². The second-order valence-corrected chi connectivity index (χ2v) is 6.15. The first-order valence-corrected chi connectivity index (χ1v) is 7.87. The summed E-state index contributed by atoms with van der Waals surface area (Å²) >= 11 is 0. The van der Waals surface area contributed by atoms with Gasteiger partial charge in [0.2, 0.25) is 0 Å². The number of rotatable bonds is 8. The lowest BCUT2D eigenvalue weighted by molar-refractivity contribution is -0.388. The molecule has 0 heterocycles. The Hall–Kier alpha value is -2.07. The molecule has 1 aromatic rings. The quantitative estimate of drug-likeness (QED) is 0.550. The molecule has 122 valence electrons. The van der Waals surface area contributed by atoms with Gasteiger partial charge in [-0.3, -0.25) is 14.9 Å². The fraction of sp³-hybridized carbons (Fsp3) is 0.417. The zero-order chi connectivity index (χ0) is 16.9. The highest BCUT2D eigenvalue weighted by Gasteiger charge is 2.33. The van der Waals surface area contributed by atoms with E-state index in [1.807, 2.05) is 4.72 Å². The lowest BCUT2D eigenvalue weighted by Gasteiger charge is -2.14. The number of hydrogen-bond donors (Lipinski definition) is 2. The number of carboxylic acid groups (broad SMARTS) is 1. The van der Waals surface area contributed by atoms with Crippen molar-refractivity contribution in [2.75, 3.05) is 0 Å². The van der Waals surface area contributed by atoms with Crippen LogP contribution in [0.4, 0.5) is 10.1 Å². The molecule has 10 heteroatoms. The molecular weight excluding hydrogens is 319 g/mol. The molecule has 0 saturated carbocycles. The van der Waals surface area contributed by atoms with E-state index >= 15 is 0 Å². The molecule has 0 aliphatic carbocycles. The second-order valence-electron chi connectivity index (χ2n) is 4.50. The number of benzene rings is 1. The fourth-order valence-corrected chi connectivity index (χ4v) is 3.25. The topological polar surface area (TPSA) is 127 Å². The van der Waals surface area contributed by atoms with Crippen LogP contribution in [0, 0.1) is 15.9 Å². The van der Waals surface area contributed by atoms with E-state index in [1.54, 1.807) is 6.92 Å². The summed E-state index contributed by atoms with van der Waals surface area (Å²) in [7, 11) is -4.69. The monoisotopic (exact) mass is 334 g/mol. The van der Waals surface area contributed by atoms with Crippen LogP contribution in [0.1, 0.15) is 26.2 Å². The Kier molecular flexibility index (Phi) is 5.94. The first-order chi connectivity index (χ1) is 10.2. The molecule has 0 spiro atoms. The van der Waals surface area contributed by atoms with Crippen LogP contribution in [0.3, 0.4) is 0 Å². The highest BCUT2D eigenvalue weighted by Crippen LogP contribution is 2.26. The number of carboxylic acids is 1. The average molecular weight is 334 g/mol. The van der Waals surface area contributed by atoms with E-state index in [0.29, 0.717) is 12.8 Å². The van der Waals surface area contributed by atoms with Crippen molar-refractivity contribution >= 4 is 21.7 Å². The van der Waals surface area contributed by atoms with E-state index in [9.17, 15) is 27.7 Å².